The first-order valence-electron chi connectivity index (χ1n) is 17.5. The van der Waals surface area contributed by atoms with Crippen molar-refractivity contribution >= 4 is 27.4 Å². The molecule has 0 N–H and O–H groups in total. The van der Waals surface area contributed by atoms with Crippen LogP contribution >= 0.6 is 0 Å². The Morgan fingerprint density at radius 3 is 1.94 bits per heavy atom. The third-order valence-corrected chi connectivity index (χ3v) is 10.3. The molecule has 1 aromatic heterocycles. The minimum absolute atomic E-state index is 0.0170. The van der Waals surface area contributed by atoms with Crippen molar-refractivity contribution < 1.29 is 9.47 Å². The number of fused-ring (bicyclic) bond motifs is 8. The molecule has 0 fully saturated rings. The van der Waals surface area contributed by atoms with Gasteiger partial charge < -0.3 is 14.0 Å². The molecule has 7 aromatic carbocycles. The van der Waals surface area contributed by atoms with E-state index in [0.717, 1.165) is 68.5 Å². The fourth-order valence-corrected chi connectivity index (χ4v) is 7.89. The van der Waals surface area contributed by atoms with Gasteiger partial charge in [0.1, 0.15) is 23.0 Å². The second-order valence-corrected chi connectivity index (χ2v) is 13.2. The normalized spacial score (nSPS) is 14.9. The van der Waals surface area contributed by atoms with Crippen LogP contribution in [0.2, 0.25) is 0 Å². The zero-order chi connectivity index (χ0) is 33.7. The van der Waals surface area contributed by atoms with E-state index < -0.39 is 0 Å². The second-order valence-electron chi connectivity index (χ2n) is 13.2. The zero-order valence-corrected chi connectivity index (χ0v) is 27.9. The van der Waals surface area contributed by atoms with Gasteiger partial charge in [-0.05, 0) is 71.7 Å². The summed E-state index contributed by atoms with van der Waals surface area (Å²) in [5.41, 5.74) is 11.1. The minimum Gasteiger partial charge on any atom is -0.456 e. The van der Waals surface area contributed by atoms with E-state index in [-0.39, 0.29) is 5.92 Å². The van der Waals surface area contributed by atoms with Gasteiger partial charge in [-0.1, -0.05) is 133 Å². The highest BCUT2D eigenvalue weighted by Crippen LogP contribution is 2.50. The third-order valence-electron chi connectivity index (χ3n) is 10.3. The van der Waals surface area contributed by atoms with Crippen molar-refractivity contribution in [2.75, 3.05) is 0 Å². The molecule has 0 spiro atoms. The van der Waals surface area contributed by atoms with E-state index in [2.05, 4.69) is 174 Å². The van der Waals surface area contributed by atoms with Crippen LogP contribution in [0.5, 0.6) is 17.2 Å². The molecule has 3 heteroatoms. The molecular formula is C48H33NO2. The lowest BCUT2D eigenvalue weighted by molar-refractivity contribution is 0.437. The monoisotopic (exact) mass is 655 g/mol. The Morgan fingerprint density at radius 1 is 0.471 bits per heavy atom. The van der Waals surface area contributed by atoms with Gasteiger partial charge in [0.25, 0.3) is 0 Å². The van der Waals surface area contributed by atoms with Gasteiger partial charge in [-0.15, -0.1) is 0 Å². The molecule has 0 amide bonds. The molecule has 0 radical (unpaired) electrons. The van der Waals surface area contributed by atoms with E-state index in [0.29, 0.717) is 0 Å². The van der Waals surface area contributed by atoms with Crippen molar-refractivity contribution in [3.63, 3.8) is 0 Å². The Bertz CT molecular complexity index is 2660. The van der Waals surface area contributed by atoms with Crippen LogP contribution in [0.3, 0.4) is 0 Å². The second kappa shape index (κ2) is 12.1. The summed E-state index contributed by atoms with van der Waals surface area (Å²) in [7, 11) is 0. The highest BCUT2D eigenvalue weighted by Gasteiger charge is 2.30. The average molecular weight is 656 g/mol. The molecule has 1 aliphatic heterocycles. The van der Waals surface area contributed by atoms with E-state index in [9.17, 15) is 0 Å². The smallest absolute Gasteiger partial charge is 0.135 e. The largest absolute Gasteiger partial charge is 0.456 e. The summed E-state index contributed by atoms with van der Waals surface area (Å²) in [5, 5.41) is 2.48. The number of aromatic nitrogens is 1. The lowest BCUT2D eigenvalue weighted by Gasteiger charge is -2.29. The van der Waals surface area contributed by atoms with Crippen LogP contribution in [-0.4, -0.2) is 4.57 Å². The van der Waals surface area contributed by atoms with E-state index in [1.807, 2.05) is 12.1 Å². The molecule has 10 rings (SSSR count). The first kappa shape index (κ1) is 29.3. The maximum Gasteiger partial charge on any atom is 0.135 e. The molecule has 2 aliphatic rings. The van der Waals surface area contributed by atoms with Crippen LogP contribution in [0.15, 0.2) is 188 Å². The van der Waals surface area contributed by atoms with Crippen LogP contribution in [0.4, 0.5) is 0 Å². The number of benzene rings is 7. The Morgan fingerprint density at radius 2 is 1.14 bits per heavy atom. The lowest BCUT2D eigenvalue weighted by atomic mass is 9.80. The molecule has 1 unspecified atom stereocenters. The summed E-state index contributed by atoms with van der Waals surface area (Å²) in [6, 6.07) is 60.0. The predicted molar refractivity (Wildman–Crippen MR) is 209 cm³/mol. The molecule has 242 valence electrons. The Balaban J connectivity index is 1.22. The van der Waals surface area contributed by atoms with Gasteiger partial charge in [0.05, 0.1) is 11.0 Å². The van der Waals surface area contributed by atoms with Gasteiger partial charge in [-0.3, -0.25) is 0 Å². The highest BCUT2D eigenvalue weighted by molar-refractivity contribution is 6.09. The number of hydrogen-bond donors (Lipinski definition) is 0. The third kappa shape index (κ3) is 4.97. The Labute approximate surface area is 297 Å². The molecular weight excluding hydrogens is 623 g/mol. The molecule has 1 atom stereocenters. The van der Waals surface area contributed by atoms with Crippen molar-refractivity contribution in [2.24, 2.45) is 0 Å². The van der Waals surface area contributed by atoms with E-state index >= 15 is 0 Å². The van der Waals surface area contributed by atoms with Gasteiger partial charge in [-0.2, -0.15) is 0 Å². The number of ether oxygens (including phenoxy) is 2. The maximum atomic E-state index is 7.04. The van der Waals surface area contributed by atoms with Crippen LogP contribution in [0.25, 0.3) is 55.3 Å². The molecule has 1 aliphatic carbocycles. The van der Waals surface area contributed by atoms with Crippen LogP contribution < -0.4 is 9.47 Å². The minimum atomic E-state index is 0.0170. The number of allylic oxidation sites excluding steroid dienone is 3. The van der Waals surface area contributed by atoms with Gasteiger partial charge in [0.15, 0.2) is 0 Å². The number of rotatable bonds is 3. The molecule has 51 heavy (non-hydrogen) atoms. The molecule has 0 saturated carbocycles. The summed E-state index contributed by atoms with van der Waals surface area (Å²) in [6.45, 7) is 0. The molecule has 3 nitrogen and oxygen atoms in total. The summed E-state index contributed by atoms with van der Waals surface area (Å²) in [4.78, 5) is 0. The highest BCUT2D eigenvalue weighted by atomic mass is 16.5. The van der Waals surface area contributed by atoms with Crippen molar-refractivity contribution in [3.8, 4) is 45.2 Å². The van der Waals surface area contributed by atoms with Gasteiger partial charge in [-0.25, -0.2) is 0 Å². The number of nitrogens with zero attached hydrogens (tertiary/aromatic N) is 1. The first-order chi connectivity index (χ1) is 25.3. The van der Waals surface area contributed by atoms with Crippen LogP contribution in [0, 0.1) is 0 Å². The van der Waals surface area contributed by atoms with Gasteiger partial charge >= 0.3 is 0 Å². The first-order valence-corrected chi connectivity index (χ1v) is 17.5. The molecule has 2 heterocycles. The van der Waals surface area contributed by atoms with Crippen LogP contribution in [0.1, 0.15) is 23.5 Å². The lowest BCUT2D eigenvalue weighted by Crippen LogP contribution is -2.12. The predicted octanol–water partition coefficient (Wildman–Crippen LogP) is 12.8. The van der Waals surface area contributed by atoms with Crippen molar-refractivity contribution in [2.45, 2.75) is 12.3 Å². The Kier molecular flexibility index (Phi) is 6.95. The standard InChI is InChI=1S/C48H33NO2/c1-3-14-32(15-4-1)33-26-29-41-47(31-33)51-45-24-12-9-20-40(45)39-19-8-11-23-44(39)50-46-25-13-21-36(48(41)46)34-27-28-38-37-18-7-10-22-42(37)49(43(38)30-34)35-16-5-2-6-17-35/h1-20,22-31,36H,21H2. The summed E-state index contributed by atoms with van der Waals surface area (Å²) in [6.07, 6.45) is 5.23. The SMILES string of the molecule is C1=CC2=C(c3ccc(-c4ccccc4)cc3Oc3ccccc3-c3ccccc3O2)C(c2ccc3c4ccccc4n(-c4ccccc4)c3c2)C1. The fraction of sp³-hybridized carbons (Fsp3) is 0.0417. The quantitative estimate of drug-likeness (QED) is 0.189. The molecule has 0 bridgehead atoms. The van der Waals surface area contributed by atoms with Gasteiger partial charge in [0, 0.05) is 44.6 Å². The summed E-state index contributed by atoms with van der Waals surface area (Å²) in [5.74, 6) is 3.25. The Hall–Kier alpha value is -6.58. The zero-order valence-electron chi connectivity index (χ0n) is 27.9. The van der Waals surface area contributed by atoms with Crippen molar-refractivity contribution in [1.82, 2.24) is 4.57 Å². The summed E-state index contributed by atoms with van der Waals surface area (Å²) >= 11 is 0. The van der Waals surface area contributed by atoms with E-state index in [1.54, 1.807) is 0 Å². The molecule has 0 saturated heterocycles. The van der Waals surface area contributed by atoms with Crippen molar-refractivity contribution in [1.29, 1.82) is 0 Å². The maximum absolute atomic E-state index is 7.04. The van der Waals surface area contributed by atoms with E-state index in [1.165, 1.54) is 27.4 Å². The topological polar surface area (TPSA) is 23.4 Å². The van der Waals surface area contributed by atoms with Gasteiger partial charge in [0.2, 0.25) is 0 Å². The van der Waals surface area contributed by atoms with Crippen molar-refractivity contribution in [3.05, 3.63) is 199 Å². The number of para-hydroxylation sites is 4. The molecule has 8 aromatic rings. The van der Waals surface area contributed by atoms with E-state index in [4.69, 9.17) is 9.47 Å². The fourth-order valence-electron chi connectivity index (χ4n) is 7.89. The number of hydrogen-bond acceptors (Lipinski definition) is 2. The van der Waals surface area contributed by atoms with Crippen LogP contribution in [-0.2, 0) is 0 Å². The summed E-state index contributed by atoms with van der Waals surface area (Å²) < 4.78 is 16.4. The average Bonchev–Trinajstić information content (AvgIpc) is 3.53.